The summed E-state index contributed by atoms with van der Waals surface area (Å²) in [6.45, 7) is 5.14. The van der Waals surface area contributed by atoms with Gasteiger partial charge in [-0.2, -0.15) is 0 Å². The third kappa shape index (κ3) is 4.96. The van der Waals surface area contributed by atoms with Crippen molar-refractivity contribution in [1.29, 1.82) is 0 Å². The number of hydrogen-bond donors (Lipinski definition) is 2. The molecule has 0 aliphatic carbocycles. The van der Waals surface area contributed by atoms with Crippen LogP contribution in [0.1, 0.15) is 36.5 Å². The first-order valence-corrected chi connectivity index (χ1v) is 8.62. The van der Waals surface area contributed by atoms with Crippen LogP contribution in [0.2, 0.25) is 0 Å². The number of piperidine rings is 1. The first kappa shape index (κ1) is 18.3. The van der Waals surface area contributed by atoms with Crippen molar-refractivity contribution in [2.45, 2.75) is 26.2 Å². The molecule has 24 heavy (non-hydrogen) atoms. The predicted molar refractivity (Wildman–Crippen MR) is 93.6 cm³/mol. The highest BCUT2D eigenvalue weighted by Crippen LogP contribution is 2.21. The minimum atomic E-state index is -0.0522. The van der Waals surface area contributed by atoms with Gasteiger partial charge in [0.1, 0.15) is 0 Å². The van der Waals surface area contributed by atoms with Crippen LogP contribution in [-0.2, 0) is 9.53 Å². The van der Waals surface area contributed by atoms with E-state index in [-0.39, 0.29) is 17.7 Å². The van der Waals surface area contributed by atoms with E-state index < -0.39 is 0 Å². The Kier molecular flexibility index (Phi) is 7.06. The number of nitrogens with two attached hydrogens (primary N) is 1. The van der Waals surface area contributed by atoms with E-state index >= 15 is 0 Å². The van der Waals surface area contributed by atoms with Crippen LogP contribution in [0.5, 0.6) is 0 Å². The first-order valence-electron chi connectivity index (χ1n) is 8.62. The van der Waals surface area contributed by atoms with E-state index in [4.69, 9.17) is 10.5 Å². The Morgan fingerprint density at radius 3 is 2.67 bits per heavy atom. The van der Waals surface area contributed by atoms with Crippen LogP contribution in [0.15, 0.2) is 24.3 Å². The van der Waals surface area contributed by atoms with Gasteiger partial charge in [0.2, 0.25) is 5.91 Å². The predicted octanol–water partition coefficient (Wildman–Crippen LogP) is 1.66. The molecule has 0 spiro atoms. The third-order valence-corrected chi connectivity index (χ3v) is 4.31. The Hall–Kier alpha value is -2.08. The van der Waals surface area contributed by atoms with E-state index in [9.17, 15) is 9.59 Å². The number of para-hydroxylation sites is 1. The normalized spacial score (nSPS) is 15.3. The second-order valence-corrected chi connectivity index (χ2v) is 6.00. The molecule has 1 fully saturated rings. The van der Waals surface area contributed by atoms with Crippen LogP contribution >= 0.6 is 0 Å². The van der Waals surface area contributed by atoms with Gasteiger partial charge in [0.05, 0.1) is 5.56 Å². The molecule has 0 atom stereocenters. The molecule has 0 radical (unpaired) electrons. The lowest BCUT2D eigenvalue weighted by atomic mass is 9.95. The number of anilines is 1. The van der Waals surface area contributed by atoms with E-state index in [2.05, 4.69) is 5.32 Å². The molecule has 6 nitrogen and oxygen atoms in total. The Balaban J connectivity index is 1.76. The lowest BCUT2D eigenvalue weighted by Crippen LogP contribution is -2.43. The molecule has 1 aromatic rings. The number of rotatable bonds is 7. The number of amides is 2. The van der Waals surface area contributed by atoms with Crippen molar-refractivity contribution >= 4 is 17.5 Å². The number of ether oxygens (including phenoxy) is 1. The number of carbonyl (C=O) groups excluding carboxylic acids is 2. The molecule has 132 valence electrons. The summed E-state index contributed by atoms with van der Waals surface area (Å²) in [7, 11) is 0. The molecule has 1 heterocycles. The molecule has 3 N–H and O–H groups in total. The summed E-state index contributed by atoms with van der Waals surface area (Å²) in [6.07, 6.45) is 2.20. The number of hydrogen-bond acceptors (Lipinski definition) is 4. The highest BCUT2D eigenvalue weighted by Gasteiger charge is 2.28. The van der Waals surface area contributed by atoms with Crippen LogP contribution in [0.25, 0.3) is 0 Å². The van der Waals surface area contributed by atoms with Gasteiger partial charge in [0, 0.05) is 44.5 Å². The molecule has 1 aliphatic rings. The third-order valence-electron chi connectivity index (χ3n) is 4.31. The van der Waals surface area contributed by atoms with E-state index in [1.807, 2.05) is 19.1 Å². The highest BCUT2D eigenvalue weighted by molar-refractivity contribution is 5.99. The number of nitrogen functional groups attached to an aromatic ring is 1. The fraction of sp³-hybridized carbons (Fsp3) is 0.556. The summed E-state index contributed by atoms with van der Waals surface area (Å²) in [4.78, 5) is 26.4. The summed E-state index contributed by atoms with van der Waals surface area (Å²) in [5.74, 6) is 0.00996. The molecule has 1 saturated heterocycles. The van der Waals surface area contributed by atoms with Gasteiger partial charge in [-0.25, -0.2) is 0 Å². The number of nitrogens with zero attached hydrogens (tertiary/aromatic N) is 1. The molecule has 1 aromatic carbocycles. The maximum Gasteiger partial charge on any atom is 0.255 e. The molecule has 0 saturated carbocycles. The lowest BCUT2D eigenvalue weighted by molar-refractivity contribution is -0.126. The van der Waals surface area contributed by atoms with Crippen LogP contribution in [0, 0.1) is 5.92 Å². The zero-order chi connectivity index (χ0) is 17.4. The highest BCUT2D eigenvalue weighted by atomic mass is 16.5. The molecular formula is C18H27N3O3. The maximum absolute atomic E-state index is 12.5. The number of carbonyl (C=O) groups is 2. The molecule has 1 aliphatic heterocycles. The quantitative estimate of drug-likeness (QED) is 0.587. The molecular weight excluding hydrogens is 306 g/mol. The average Bonchev–Trinajstić information content (AvgIpc) is 2.61. The van der Waals surface area contributed by atoms with Crippen molar-refractivity contribution < 1.29 is 14.3 Å². The van der Waals surface area contributed by atoms with Gasteiger partial charge in [-0.05, 0) is 38.3 Å². The van der Waals surface area contributed by atoms with Crippen molar-refractivity contribution in [3.8, 4) is 0 Å². The van der Waals surface area contributed by atoms with Crippen molar-refractivity contribution in [1.82, 2.24) is 10.2 Å². The van der Waals surface area contributed by atoms with E-state index in [0.717, 1.165) is 6.42 Å². The standard InChI is InChI=1S/C18H27N3O3/c1-2-24-13-5-10-20-17(22)14-8-11-21(12-9-14)18(23)15-6-3-4-7-16(15)19/h3-4,6-7,14H,2,5,8-13,19H2,1H3,(H,20,22). The van der Waals surface area contributed by atoms with Crippen molar-refractivity contribution in [2.24, 2.45) is 5.92 Å². The molecule has 2 amide bonds. The first-order chi connectivity index (χ1) is 11.6. The van der Waals surface area contributed by atoms with Crippen LogP contribution in [0.4, 0.5) is 5.69 Å². The van der Waals surface area contributed by atoms with Gasteiger partial charge in [0.25, 0.3) is 5.91 Å². The van der Waals surface area contributed by atoms with Gasteiger partial charge in [-0.1, -0.05) is 12.1 Å². The molecule has 2 rings (SSSR count). The Morgan fingerprint density at radius 2 is 2.00 bits per heavy atom. The summed E-state index contributed by atoms with van der Waals surface area (Å²) < 4.78 is 5.25. The Labute approximate surface area is 143 Å². The minimum Gasteiger partial charge on any atom is -0.398 e. The Bertz CT molecular complexity index is 554. The summed E-state index contributed by atoms with van der Waals surface area (Å²) >= 11 is 0. The zero-order valence-electron chi connectivity index (χ0n) is 14.3. The van der Waals surface area contributed by atoms with Crippen LogP contribution in [-0.4, -0.2) is 49.6 Å². The topological polar surface area (TPSA) is 84.7 Å². The Morgan fingerprint density at radius 1 is 1.29 bits per heavy atom. The zero-order valence-corrected chi connectivity index (χ0v) is 14.3. The lowest BCUT2D eigenvalue weighted by Gasteiger charge is -2.31. The number of benzene rings is 1. The smallest absolute Gasteiger partial charge is 0.255 e. The average molecular weight is 333 g/mol. The minimum absolute atomic E-state index is 0.0192. The van der Waals surface area contributed by atoms with E-state index in [1.165, 1.54) is 0 Å². The summed E-state index contributed by atoms with van der Waals surface area (Å²) in [5, 5.41) is 2.95. The molecule has 6 heteroatoms. The summed E-state index contributed by atoms with van der Waals surface area (Å²) in [6, 6.07) is 7.10. The van der Waals surface area contributed by atoms with Crippen molar-refractivity contribution in [3.63, 3.8) is 0 Å². The summed E-state index contributed by atoms with van der Waals surface area (Å²) in [5.41, 5.74) is 6.91. The fourth-order valence-corrected chi connectivity index (χ4v) is 2.88. The second-order valence-electron chi connectivity index (χ2n) is 6.00. The van der Waals surface area contributed by atoms with Gasteiger partial charge < -0.3 is 20.7 Å². The molecule has 0 unspecified atom stereocenters. The monoisotopic (exact) mass is 333 g/mol. The van der Waals surface area contributed by atoms with E-state index in [1.54, 1.807) is 17.0 Å². The fourth-order valence-electron chi connectivity index (χ4n) is 2.88. The van der Waals surface area contributed by atoms with Gasteiger partial charge in [-0.3, -0.25) is 9.59 Å². The van der Waals surface area contributed by atoms with Crippen molar-refractivity contribution in [3.05, 3.63) is 29.8 Å². The number of nitrogens with one attached hydrogen (secondary N) is 1. The van der Waals surface area contributed by atoms with Crippen molar-refractivity contribution in [2.75, 3.05) is 38.6 Å². The van der Waals surface area contributed by atoms with Crippen LogP contribution < -0.4 is 11.1 Å². The molecule has 0 aromatic heterocycles. The second kappa shape index (κ2) is 9.27. The largest absolute Gasteiger partial charge is 0.398 e. The number of likely N-dealkylation sites (tertiary alicyclic amines) is 1. The molecule has 0 bridgehead atoms. The maximum atomic E-state index is 12.5. The SMILES string of the molecule is CCOCCCNC(=O)C1CCN(C(=O)c2ccccc2N)CC1. The van der Waals surface area contributed by atoms with E-state index in [0.29, 0.717) is 56.9 Å². The van der Waals surface area contributed by atoms with Gasteiger partial charge in [-0.15, -0.1) is 0 Å². The van der Waals surface area contributed by atoms with Gasteiger partial charge >= 0.3 is 0 Å². The van der Waals surface area contributed by atoms with Gasteiger partial charge in [0.15, 0.2) is 0 Å². The van der Waals surface area contributed by atoms with Crippen LogP contribution in [0.3, 0.4) is 0 Å².